The van der Waals surface area contributed by atoms with Gasteiger partial charge in [0.1, 0.15) is 5.75 Å². The fraction of sp³-hybridized carbons (Fsp3) is 0.455. The molecule has 1 saturated carbocycles. The van der Waals surface area contributed by atoms with Gasteiger partial charge in [0.25, 0.3) is 0 Å². The van der Waals surface area contributed by atoms with Crippen molar-refractivity contribution < 1.29 is 5.11 Å². The number of phenols is 1. The van der Waals surface area contributed by atoms with Gasteiger partial charge >= 0.3 is 0 Å². The molecule has 0 heterocycles. The zero-order valence-corrected chi connectivity index (χ0v) is 15.0. The van der Waals surface area contributed by atoms with Gasteiger partial charge in [-0.2, -0.15) is 0 Å². The summed E-state index contributed by atoms with van der Waals surface area (Å²) in [4.78, 5) is 0. The van der Waals surface area contributed by atoms with E-state index in [0.29, 0.717) is 17.8 Å². The van der Waals surface area contributed by atoms with Crippen LogP contribution in [0.4, 0.5) is 0 Å². The number of rotatable bonds is 8. The van der Waals surface area contributed by atoms with Gasteiger partial charge in [-0.05, 0) is 42.5 Å². The lowest BCUT2D eigenvalue weighted by Gasteiger charge is -2.24. The Bertz CT molecular complexity index is 606. The fourth-order valence-electron chi connectivity index (χ4n) is 3.69. The molecule has 0 amide bonds. The van der Waals surface area contributed by atoms with Crippen molar-refractivity contribution >= 4 is 0 Å². The third kappa shape index (κ3) is 5.87. The molecule has 1 fully saturated rings. The highest BCUT2D eigenvalue weighted by atomic mass is 16.3. The summed E-state index contributed by atoms with van der Waals surface area (Å²) in [6.07, 6.45) is 7.73. The van der Waals surface area contributed by atoms with Crippen molar-refractivity contribution in [1.29, 1.82) is 0 Å². The van der Waals surface area contributed by atoms with Crippen molar-refractivity contribution in [2.75, 3.05) is 13.1 Å². The van der Waals surface area contributed by atoms with Gasteiger partial charge in [0.15, 0.2) is 0 Å². The highest BCUT2D eigenvalue weighted by Crippen LogP contribution is 2.20. The maximum atomic E-state index is 9.48. The van der Waals surface area contributed by atoms with E-state index < -0.39 is 0 Å². The largest absolute Gasteiger partial charge is 0.508 e. The summed E-state index contributed by atoms with van der Waals surface area (Å²) in [5.74, 6) is 0.324. The predicted octanol–water partition coefficient (Wildman–Crippen LogP) is 4.19. The molecule has 0 aliphatic heterocycles. The van der Waals surface area contributed by atoms with Crippen molar-refractivity contribution in [3.8, 4) is 5.75 Å². The van der Waals surface area contributed by atoms with Crippen molar-refractivity contribution in [3.63, 3.8) is 0 Å². The Kier molecular flexibility index (Phi) is 6.89. The van der Waals surface area contributed by atoms with Crippen LogP contribution in [-0.2, 0) is 6.42 Å². The molecule has 3 nitrogen and oxygen atoms in total. The molecule has 0 aromatic heterocycles. The molecule has 0 saturated heterocycles. The minimum Gasteiger partial charge on any atom is -0.508 e. The first-order chi connectivity index (χ1) is 12.3. The molecular weight excluding hydrogens is 308 g/mol. The Morgan fingerprint density at radius 1 is 0.880 bits per heavy atom. The summed E-state index contributed by atoms with van der Waals surface area (Å²) >= 11 is 0. The lowest BCUT2D eigenvalue weighted by molar-refractivity contribution is 0.368. The van der Waals surface area contributed by atoms with Crippen LogP contribution in [0.25, 0.3) is 0 Å². The van der Waals surface area contributed by atoms with E-state index in [0.717, 1.165) is 19.5 Å². The monoisotopic (exact) mass is 338 g/mol. The van der Waals surface area contributed by atoms with Crippen LogP contribution < -0.4 is 10.6 Å². The summed E-state index contributed by atoms with van der Waals surface area (Å²) < 4.78 is 0. The molecule has 0 spiro atoms. The summed E-state index contributed by atoms with van der Waals surface area (Å²) in [6, 6.07) is 19.2. The summed E-state index contributed by atoms with van der Waals surface area (Å²) in [7, 11) is 0. The molecule has 1 unspecified atom stereocenters. The molecule has 1 atom stereocenters. The second kappa shape index (κ2) is 9.59. The first-order valence-corrected chi connectivity index (χ1v) is 9.61. The van der Waals surface area contributed by atoms with E-state index in [-0.39, 0.29) is 0 Å². The molecule has 25 heavy (non-hydrogen) atoms. The highest BCUT2D eigenvalue weighted by Gasteiger charge is 2.14. The SMILES string of the molecule is Oc1ccc(CC(NCCNC2CCCCC2)c2ccccc2)cc1. The Morgan fingerprint density at radius 2 is 1.60 bits per heavy atom. The Morgan fingerprint density at radius 3 is 2.32 bits per heavy atom. The molecule has 3 rings (SSSR count). The van der Waals surface area contributed by atoms with Gasteiger partial charge in [-0.25, -0.2) is 0 Å². The third-order valence-electron chi connectivity index (χ3n) is 5.13. The van der Waals surface area contributed by atoms with Crippen molar-refractivity contribution in [1.82, 2.24) is 10.6 Å². The van der Waals surface area contributed by atoms with Gasteiger partial charge in [-0.3, -0.25) is 0 Å². The molecular formula is C22H30N2O. The Hall–Kier alpha value is -1.84. The van der Waals surface area contributed by atoms with Crippen LogP contribution in [0.3, 0.4) is 0 Å². The molecule has 3 heteroatoms. The molecule has 2 aromatic rings. The number of aromatic hydroxyl groups is 1. The zero-order valence-electron chi connectivity index (χ0n) is 15.0. The Balaban J connectivity index is 1.54. The first kappa shape index (κ1) is 18.0. The van der Waals surface area contributed by atoms with Crippen LogP contribution in [0.5, 0.6) is 5.75 Å². The zero-order chi connectivity index (χ0) is 17.3. The summed E-state index contributed by atoms with van der Waals surface area (Å²) in [6.45, 7) is 1.98. The third-order valence-corrected chi connectivity index (χ3v) is 5.13. The van der Waals surface area contributed by atoms with Gasteiger partial charge in [-0.1, -0.05) is 61.7 Å². The van der Waals surface area contributed by atoms with Crippen LogP contribution in [0, 0.1) is 0 Å². The van der Waals surface area contributed by atoms with Crippen molar-refractivity contribution in [2.45, 2.75) is 50.6 Å². The highest BCUT2D eigenvalue weighted by molar-refractivity contribution is 5.28. The second-order valence-corrected chi connectivity index (χ2v) is 7.08. The van der Waals surface area contributed by atoms with Crippen molar-refractivity contribution in [2.24, 2.45) is 0 Å². The summed E-state index contributed by atoms with van der Waals surface area (Å²) in [5.41, 5.74) is 2.55. The van der Waals surface area contributed by atoms with Gasteiger partial charge in [0.2, 0.25) is 0 Å². The van der Waals surface area contributed by atoms with Crippen molar-refractivity contribution in [3.05, 3.63) is 65.7 Å². The fourth-order valence-corrected chi connectivity index (χ4v) is 3.69. The smallest absolute Gasteiger partial charge is 0.115 e. The maximum Gasteiger partial charge on any atom is 0.115 e. The van der Waals surface area contributed by atoms with Gasteiger partial charge in [0.05, 0.1) is 0 Å². The van der Waals surface area contributed by atoms with E-state index in [1.807, 2.05) is 12.1 Å². The number of hydrogen-bond acceptors (Lipinski definition) is 3. The first-order valence-electron chi connectivity index (χ1n) is 9.61. The second-order valence-electron chi connectivity index (χ2n) is 7.08. The van der Waals surface area contributed by atoms with E-state index in [1.165, 1.54) is 43.2 Å². The number of nitrogens with one attached hydrogen (secondary N) is 2. The minimum atomic E-state index is 0.291. The average molecular weight is 338 g/mol. The van der Waals surface area contributed by atoms with Crippen LogP contribution in [-0.4, -0.2) is 24.2 Å². The Labute approximate surface area is 151 Å². The quantitative estimate of drug-likeness (QED) is 0.633. The van der Waals surface area contributed by atoms with E-state index in [2.05, 4.69) is 41.0 Å². The maximum absolute atomic E-state index is 9.48. The lowest BCUT2D eigenvalue weighted by atomic mass is 9.95. The molecule has 0 radical (unpaired) electrons. The van der Waals surface area contributed by atoms with Gasteiger partial charge < -0.3 is 15.7 Å². The summed E-state index contributed by atoms with van der Waals surface area (Å²) in [5, 5.41) is 16.9. The molecule has 2 aromatic carbocycles. The molecule has 134 valence electrons. The van der Waals surface area contributed by atoms with Crippen LogP contribution in [0.2, 0.25) is 0 Å². The van der Waals surface area contributed by atoms with Gasteiger partial charge in [-0.15, -0.1) is 0 Å². The average Bonchev–Trinajstić information content (AvgIpc) is 2.67. The minimum absolute atomic E-state index is 0.291. The lowest BCUT2D eigenvalue weighted by Crippen LogP contribution is -2.37. The van der Waals surface area contributed by atoms with Crippen LogP contribution >= 0.6 is 0 Å². The predicted molar refractivity (Wildman–Crippen MR) is 104 cm³/mol. The van der Waals surface area contributed by atoms with E-state index >= 15 is 0 Å². The number of hydrogen-bond donors (Lipinski definition) is 3. The van der Waals surface area contributed by atoms with Gasteiger partial charge in [0, 0.05) is 25.2 Å². The van der Waals surface area contributed by atoms with E-state index in [4.69, 9.17) is 0 Å². The molecule has 1 aliphatic carbocycles. The number of phenolic OH excluding ortho intramolecular Hbond substituents is 1. The number of benzene rings is 2. The van der Waals surface area contributed by atoms with E-state index in [1.54, 1.807) is 12.1 Å². The molecule has 3 N–H and O–H groups in total. The van der Waals surface area contributed by atoms with Crippen LogP contribution in [0.15, 0.2) is 54.6 Å². The molecule has 0 bridgehead atoms. The normalized spacial score (nSPS) is 16.6. The van der Waals surface area contributed by atoms with E-state index in [9.17, 15) is 5.11 Å². The molecule has 1 aliphatic rings. The van der Waals surface area contributed by atoms with Crippen LogP contribution in [0.1, 0.15) is 49.3 Å². The standard InChI is InChI=1S/C22H30N2O/c25-21-13-11-18(12-14-21)17-22(19-7-3-1-4-8-19)24-16-15-23-20-9-5-2-6-10-20/h1,3-4,7-8,11-14,20,22-25H,2,5-6,9-10,15-17H2. The topological polar surface area (TPSA) is 44.3 Å².